The van der Waals surface area contributed by atoms with Gasteiger partial charge in [0.2, 0.25) is 0 Å². The van der Waals surface area contributed by atoms with E-state index in [0.717, 1.165) is 6.42 Å². The summed E-state index contributed by atoms with van der Waals surface area (Å²) in [5, 5.41) is 0. The predicted octanol–water partition coefficient (Wildman–Crippen LogP) is 2.86. The molecule has 0 saturated carbocycles. The fraction of sp³-hybridized carbons (Fsp3) is 0.538. The first-order valence-corrected chi connectivity index (χ1v) is 5.37. The Morgan fingerprint density at radius 3 is 2.47 bits per heavy atom. The summed E-state index contributed by atoms with van der Waals surface area (Å²) in [6.07, 6.45) is 0.938. The van der Waals surface area contributed by atoms with E-state index < -0.39 is 0 Å². The van der Waals surface area contributed by atoms with Gasteiger partial charge in [0.15, 0.2) is 0 Å². The lowest BCUT2D eigenvalue weighted by Gasteiger charge is -2.27. The molecule has 84 valence electrons. The van der Waals surface area contributed by atoms with Gasteiger partial charge in [-0.15, -0.1) is 0 Å². The van der Waals surface area contributed by atoms with Gasteiger partial charge in [0.05, 0.1) is 6.61 Å². The highest BCUT2D eigenvalue weighted by molar-refractivity contribution is 5.35. The molecule has 0 unspecified atom stereocenters. The Morgan fingerprint density at radius 2 is 1.93 bits per heavy atom. The standard InChI is InChI=1S/C13H21NO/c1-10-5-6-12(11(2)9-10)13(3,4)7-8-15-14/h5-6,9H,7-8,14H2,1-4H3. The van der Waals surface area contributed by atoms with Gasteiger partial charge in [-0.2, -0.15) is 0 Å². The van der Waals surface area contributed by atoms with Crippen molar-refractivity contribution in [1.29, 1.82) is 0 Å². The highest BCUT2D eigenvalue weighted by Gasteiger charge is 2.21. The molecule has 0 aliphatic rings. The molecule has 1 aromatic rings. The van der Waals surface area contributed by atoms with E-state index in [1.165, 1.54) is 16.7 Å². The Bertz CT molecular complexity index is 331. The zero-order chi connectivity index (χ0) is 11.5. The molecular formula is C13H21NO. The maximum Gasteiger partial charge on any atom is 0.0687 e. The van der Waals surface area contributed by atoms with Gasteiger partial charge in [-0.3, -0.25) is 0 Å². The summed E-state index contributed by atoms with van der Waals surface area (Å²) in [6.45, 7) is 9.33. The Kier molecular flexibility index (Phi) is 3.89. The van der Waals surface area contributed by atoms with E-state index in [0.29, 0.717) is 6.61 Å². The van der Waals surface area contributed by atoms with E-state index >= 15 is 0 Å². The van der Waals surface area contributed by atoms with Crippen molar-refractivity contribution in [3.05, 3.63) is 34.9 Å². The zero-order valence-corrected chi connectivity index (χ0v) is 10.1. The van der Waals surface area contributed by atoms with Crippen LogP contribution >= 0.6 is 0 Å². The molecule has 0 aromatic heterocycles. The number of aryl methyl sites for hydroxylation is 2. The average molecular weight is 207 g/mol. The normalized spacial score (nSPS) is 11.8. The van der Waals surface area contributed by atoms with Crippen molar-refractivity contribution < 1.29 is 4.84 Å². The third-order valence-electron chi connectivity index (χ3n) is 2.96. The molecule has 0 amide bonds. The summed E-state index contributed by atoms with van der Waals surface area (Å²) < 4.78 is 0. The Labute approximate surface area is 92.4 Å². The summed E-state index contributed by atoms with van der Waals surface area (Å²) >= 11 is 0. The first-order valence-electron chi connectivity index (χ1n) is 5.37. The van der Waals surface area contributed by atoms with E-state index in [2.05, 4.69) is 50.7 Å². The van der Waals surface area contributed by atoms with E-state index in [1.807, 2.05) is 0 Å². The van der Waals surface area contributed by atoms with Crippen LogP contribution in [0.2, 0.25) is 0 Å². The summed E-state index contributed by atoms with van der Waals surface area (Å²) in [5.74, 6) is 5.08. The lowest BCUT2D eigenvalue weighted by Crippen LogP contribution is -2.22. The van der Waals surface area contributed by atoms with Gasteiger partial charge in [0, 0.05) is 0 Å². The summed E-state index contributed by atoms with van der Waals surface area (Å²) in [7, 11) is 0. The predicted molar refractivity (Wildman–Crippen MR) is 63.7 cm³/mol. The van der Waals surface area contributed by atoms with Crippen LogP contribution in [0.25, 0.3) is 0 Å². The third-order valence-corrected chi connectivity index (χ3v) is 2.96. The van der Waals surface area contributed by atoms with Crippen molar-refractivity contribution in [2.75, 3.05) is 6.61 Å². The molecule has 0 atom stereocenters. The van der Waals surface area contributed by atoms with Crippen molar-refractivity contribution in [3.8, 4) is 0 Å². The molecular weight excluding hydrogens is 186 g/mol. The summed E-state index contributed by atoms with van der Waals surface area (Å²) in [4.78, 5) is 4.66. The van der Waals surface area contributed by atoms with Crippen LogP contribution in [0.15, 0.2) is 18.2 Å². The molecule has 0 fully saturated rings. The number of nitrogens with two attached hydrogens (primary N) is 1. The van der Waals surface area contributed by atoms with Gasteiger partial charge in [-0.1, -0.05) is 37.6 Å². The molecule has 0 bridgehead atoms. The van der Waals surface area contributed by atoms with Gasteiger partial charge in [-0.25, -0.2) is 5.90 Å². The number of hydrogen-bond donors (Lipinski definition) is 1. The van der Waals surface area contributed by atoms with Crippen molar-refractivity contribution in [3.63, 3.8) is 0 Å². The van der Waals surface area contributed by atoms with Gasteiger partial charge < -0.3 is 4.84 Å². The van der Waals surface area contributed by atoms with Crippen LogP contribution in [0.5, 0.6) is 0 Å². The molecule has 15 heavy (non-hydrogen) atoms. The molecule has 0 aliphatic carbocycles. The van der Waals surface area contributed by atoms with Crippen molar-refractivity contribution in [2.45, 2.75) is 39.5 Å². The van der Waals surface area contributed by atoms with Gasteiger partial charge in [0.25, 0.3) is 0 Å². The molecule has 1 aromatic carbocycles. The van der Waals surface area contributed by atoms with E-state index in [1.54, 1.807) is 0 Å². The number of hydrogen-bond acceptors (Lipinski definition) is 2. The first-order chi connectivity index (χ1) is 6.97. The first kappa shape index (κ1) is 12.2. The quantitative estimate of drug-likeness (QED) is 0.770. The van der Waals surface area contributed by atoms with Crippen LogP contribution in [0.4, 0.5) is 0 Å². The Hall–Kier alpha value is -0.860. The number of benzene rings is 1. The molecule has 0 radical (unpaired) electrons. The molecule has 2 N–H and O–H groups in total. The minimum absolute atomic E-state index is 0.122. The summed E-state index contributed by atoms with van der Waals surface area (Å²) in [5.41, 5.74) is 4.15. The molecule has 0 saturated heterocycles. The second kappa shape index (κ2) is 4.77. The van der Waals surface area contributed by atoms with Gasteiger partial charge >= 0.3 is 0 Å². The molecule has 2 heteroatoms. The van der Waals surface area contributed by atoms with Crippen molar-refractivity contribution in [2.24, 2.45) is 5.90 Å². The maximum absolute atomic E-state index is 5.08. The third kappa shape index (κ3) is 3.05. The molecule has 0 spiro atoms. The largest absolute Gasteiger partial charge is 0.305 e. The Balaban J connectivity index is 2.93. The van der Waals surface area contributed by atoms with Crippen LogP contribution in [0, 0.1) is 13.8 Å². The number of rotatable bonds is 4. The molecule has 0 heterocycles. The molecule has 1 rings (SSSR count). The summed E-state index contributed by atoms with van der Waals surface area (Å²) in [6, 6.07) is 6.59. The molecule has 2 nitrogen and oxygen atoms in total. The van der Waals surface area contributed by atoms with Gasteiger partial charge in [-0.05, 0) is 36.8 Å². The monoisotopic (exact) mass is 207 g/mol. The van der Waals surface area contributed by atoms with E-state index in [4.69, 9.17) is 5.90 Å². The van der Waals surface area contributed by atoms with E-state index in [-0.39, 0.29) is 5.41 Å². The fourth-order valence-corrected chi connectivity index (χ4v) is 2.02. The minimum Gasteiger partial charge on any atom is -0.305 e. The fourth-order valence-electron chi connectivity index (χ4n) is 2.02. The smallest absolute Gasteiger partial charge is 0.0687 e. The van der Waals surface area contributed by atoms with Crippen LogP contribution < -0.4 is 5.90 Å². The molecule has 0 aliphatic heterocycles. The zero-order valence-electron chi connectivity index (χ0n) is 10.1. The minimum atomic E-state index is 0.122. The Morgan fingerprint density at radius 1 is 1.27 bits per heavy atom. The SMILES string of the molecule is Cc1ccc(C(C)(C)CCON)c(C)c1. The van der Waals surface area contributed by atoms with E-state index in [9.17, 15) is 0 Å². The lowest BCUT2D eigenvalue weighted by molar-refractivity contribution is 0.121. The lowest BCUT2D eigenvalue weighted by atomic mass is 9.79. The second-order valence-corrected chi connectivity index (χ2v) is 4.82. The van der Waals surface area contributed by atoms with Crippen molar-refractivity contribution in [1.82, 2.24) is 0 Å². The van der Waals surface area contributed by atoms with Crippen LogP contribution in [0.3, 0.4) is 0 Å². The highest BCUT2D eigenvalue weighted by Crippen LogP contribution is 2.29. The van der Waals surface area contributed by atoms with Crippen LogP contribution in [-0.4, -0.2) is 6.61 Å². The second-order valence-electron chi connectivity index (χ2n) is 4.82. The average Bonchev–Trinajstić information content (AvgIpc) is 2.14. The maximum atomic E-state index is 5.08. The van der Waals surface area contributed by atoms with Crippen LogP contribution in [0.1, 0.15) is 37.0 Å². The van der Waals surface area contributed by atoms with Gasteiger partial charge in [0.1, 0.15) is 0 Å². The highest BCUT2D eigenvalue weighted by atomic mass is 16.6. The van der Waals surface area contributed by atoms with Crippen molar-refractivity contribution >= 4 is 0 Å². The topological polar surface area (TPSA) is 35.2 Å². The van der Waals surface area contributed by atoms with Crippen LogP contribution in [-0.2, 0) is 10.3 Å².